The van der Waals surface area contributed by atoms with Gasteiger partial charge in [0.15, 0.2) is 5.75 Å². The average Bonchev–Trinajstić information content (AvgIpc) is 2.68. The number of nitrogens with zero attached hydrogens (tertiary/aromatic N) is 1. The molecule has 156 valence electrons. The van der Waals surface area contributed by atoms with Crippen molar-refractivity contribution >= 4 is 12.0 Å². The Morgan fingerprint density at radius 1 is 1.14 bits per heavy atom. The van der Waals surface area contributed by atoms with Crippen molar-refractivity contribution in [3.05, 3.63) is 42.6 Å². The number of hydrogen-bond donors (Lipinski definition) is 3. The fourth-order valence-corrected chi connectivity index (χ4v) is 2.36. The summed E-state index contributed by atoms with van der Waals surface area (Å²) >= 11 is 0. The van der Waals surface area contributed by atoms with Crippen molar-refractivity contribution in [2.24, 2.45) is 11.7 Å². The first kappa shape index (κ1) is 22.0. The van der Waals surface area contributed by atoms with Crippen LogP contribution in [0.15, 0.2) is 42.6 Å². The Balaban J connectivity index is 1.85. The third kappa shape index (κ3) is 7.30. The van der Waals surface area contributed by atoms with Crippen molar-refractivity contribution in [2.75, 3.05) is 13.2 Å². The largest absolute Gasteiger partial charge is 0.501 e. The van der Waals surface area contributed by atoms with Gasteiger partial charge in [-0.2, -0.15) is 0 Å². The van der Waals surface area contributed by atoms with Crippen LogP contribution < -0.4 is 25.3 Å². The number of nitrogens with two attached hydrogens (primary N) is 1. The molecule has 0 aliphatic heterocycles. The fourth-order valence-electron chi connectivity index (χ4n) is 2.36. The maximum absolute atomic E-state index is 11.9. The van der Waals surface area contributed by atoms with E-state index in [0.29, 0.717) is 12.2 Å². The smallest absolute Gasteiger partial charge is 0.420 e. The molecule has 0 radical (unpaired) electrons. The molecule has 2 rings (SSSR count). The maximum atomic E-state index is 11.9. The predicted octanol–water partition coefficient (Wildman–Crippen LogP) is 2.23. The zero-order chi connectivity index (χ0) is 21.2. The molecule has 2 amide bonds. The highest BCUT2D eigenvalue weighted by atomic mass is 16.6. The van der Waals surface area contributed by atoms with Crippen LogP contribution in [0.5, 0.6) is 23.1 Å². The normalized spacial score (nSPS) is 11.6. The second-order valence-electron chi connectivity index (χ2n) is 6.59. The van der Waals surface area contributed by atoms with Gasteiger partial charge in [-0.1, -0.05) is 32.0 Å². The van der Waals surface area contributed by atoms with Crippen molar-refractivity contribution < 1.29 is 28.9 Å². The topological polar surface area (TPSA) is 133 Å². The van der Waals surface area contributed by atoms with E-state index < -0.39 is 29.7 Å². The molecular weight excluding hydrogens is 378 g/mol. The Morgan fingerprint density at radius 3 is 2.52 bits per heavy atom. The first-order valence-electron chi connectivity index (χ1n) is 9.13. The van der Waals surface area contributed by atoms with E-state index in [1.165, 1.54) is 12.3 Å². The van der Waals surface area contributed by atoms with E-state index in [1.807, 2.05) is 49.5 Å². The number of ether oxygens (including phenoxy) is 3. The van der Waals surface area contributed by atoms with Crippen molar-refractivity contribution in [3.63, 3.8) is 0 Å². The summed E-state index contributed by atoms with van der Waals surface area (Å²) in [6.45, 7) is 4.19. The quantitative estimate of drug-likeness (QED) is 0.543. The number of aromatic nitrogens is 1. The Bertz CT molecular complexity index is 813. The van der Waals surface area contributed by atoms with Gasteiger partial charge in [0.1, 0.15) is 19.0 Å². The average molecular weight is 403 g/mol. The third-order valence-electron chi connectivity index (χ3n) is 3.68. The van der Waals surface area contributed by atoms with Crippen LogP contribution in [0, 0.1) is 5.92 Å². The highest BCUT2D eigenvalue weighted by Crippen LogP contribution is 2.33. The van der Waals surface area contributed by atoms with E-state index in [4.69, 9.17) is 19.9 Å². The molecular formula is C20H25N3O6. The van der Waals surface area contributed by atoms with Crippen molar-refractivity contribution in [1.29, 1.82) is 0 Å². The third-order valence-corrected chi connectivity index (χ3v) is 3.68. The molecule has 1 aromatic heterocycles. The minimum absolute atomic E-state index is 0.0577. The molecule has 1 aromatic carbocycles. The lowest BCUT2D eigenvalue weighted by Gasteiger charge is -2.14. The molecule has 0 aliphatic carbocycles. The van der Waals surface area contributed by atoms with Crippen LogP contribution in [-0.2, 0) is 4.79 Å². The lowest BCUT2D eigenvalue weighted by molar-refractivity contribution is -0.121. The Morgan fingerprint density at radius 2 is 1.83 bits per heavy atom. The fraction of sp³-hybridized carbons (Fsp3) is 0.350. The van der Waals surface area contributed by atoms with E-state index >= 15 is 0 Å². The van der Waals surface area contributed by atoms with Crippen molar-refractivity contribution in [3.8, 4) is 23.1 Å². The lowest BCUT2D eigenvalue weighted by atomic mass is 10.0. The lowest BCUT2D eigenvalue weighted by Crippen LogP contribution is -2.45. The first-order valence-corrected chi connectivity index (χ1v) is 9.13. The highest BCUT2D eigenvalue weighted by molar-refractivity contribution is 5.95. The summed E-state index contributed by atoms with van der Waals surface area (Å²) in [4.78, 5) is 27.5. The van der Waals surface area contributed by atoms with Gasteiger partial charge in [-0.15, -0.1) is 0 Å². The van der Waals surface area contributed by atoms with Gasteiger partial charge in [0.25, 0.3) is 5.88 Å². The summed E-state index contributed by atoms with van der Waals surface area (Å²) in [7, 11) is 0. The molecule has 9 nitrogen and oxygen atoms in total. The molecule has 1 heterocycles. The minimum atomic E-state index is -1.10. The van der Waals surface area contributed by atoms with Crippen molar-refractivity contribution in [1.82, 2.24) is 10.3 Å². The summed E-state index contributed by atoms with van der Waals surface area (Å²) in [5.41, 5.74) is 5.71. The van der Waals surface area contributed by atoms with Gasteiger partial charge in [-0.25, -0.2) is 9.78 Å². The number of aromatic hydroxyl groups is 1. The number of carbonyl (C=O) groups is 2. The second kappa shape index (κ2) is 10.9. The molecule has 0 spiro atoms. The Labute approximate surface area is 168 Å². The van der Waals surface area contributed by atoms with Crippen LogP contribution in [-0.4, -0.2) is 41.3 Å². The van der Waals surface area contributed by atoms with E-state index in [1.54, 1.807) is 0 Å². The summed E-state index contributed by atoms with van der Waals surface area (Å²) < 4.78 is 15.8. The summed E-state index contributed by atoms with van der Waals surface area (Å²) in [6, 6.07) is 9.75. The molecule has 0 bridgehead atoms. The van der Waals surface area contributed by atoms with E-state index in [9.17, 15) is 14.7 Å². The molecule has 1 atom stereocenters. The number of imide groups is 1. The van der Waals surface area contributed by atoms with Gasteiger partial charge in [0.2, 0.25) is 11.7 Å². The van der Waals surface area contributed by atoms with Gasteiger partial charge in [0, 0.05) is 12.3 Å². The van der Waals surface area contributed by atoms with Crippen LogP contribution in [0.1, 0.15) is 20.3 Å². The summed E-state index contributed by atoms with van der Waals surface area (Å²) in [5.74, 6) is -0.597. The van der Waals surface area contributed by atoms with E-state index in [-0.39, 0.29) is 24.9 Å². The molecule has 4 N–H and O–H groups in total. The highest BCUT2D eigenvalue weighted by Gasteiger charge is 2.20. The monoisotopic (exact) mass is 403 g/mol. The van der Waals surface area contributed by atoms with Crippen LogP contribution in [0.3, 0.4) is 0 Å². The molecule has 0 fully saturated rings. The zero-order valence-corrected chi connectivity index (χ0v) is 16.3. The van der Waals surface area contributed by atoms with Gasteiger partial charge in [0.05, 0.1) is 6.04 Å². The zero-order valence-electron chi connectivity index (χ0n) is 16.3. The van der Waals surface area contributed by atoms with Gasteiger partial charge < -0.3 is 25.1 Å². The standard InChI is InChI=1S/C20H25N3O6/c1-13(2)12-15(21)18(25)23-20(26)29-19-17(24)16(8-9-22-19)28-11-10-27-14-6-4-3-5-7-14/h3-9,13,15,24H,10-12,21H2,1-2H3,(H,23,25,26)/t15-/m0/s1. The number of rotatable bonds is 9. The van der Waals surface area contributed by atoms with Gasteiger partial charge in [-0.05, 0) is 24.5 Å². The minimum Gasteiger partial charge on any atom is -0.501 e. The van der Waals surface area contributed by atoms with Crippen LogP contribution in [0.25, 0.3) is 0 Å². The van der Waals surface area contributed by atoms with Crippen LogP contribution in [0.2, 0.25) is 0 Å². The summed E-state index contributed by atoms with van der Waals surface area (Å²) in [6.07, 6.45) is 0.612. The van der Waals surface area contributed by atoms with E-state index in [0.717, 1.165) is 0 Å². The van der Waals surface area contributed by atoms with Crippen LogP contribution >= 0.6 is 0 Å². The molecule has 0 saturated heterocycles. The van der Waals surface area contributed by atoms with Crippen LogP contribution in [0.4, 0.5) is 4.79 Å². The number of pyridine rings is 1. The molecule has 0 aliphatic rings. The number of carbonyl (C=O) groups excluding carboxylic acids is 2. The summed E-state index contributed by atoms with van der Waals surface area (Å²) in [5, 5.41) is 12.2. The van der Waals surface area contributed by atoms with Gasteiger partial charge >= 0.3 is 6.09 Å². The maximum Gasteiger partial charge on any atom is 0.420 e. The van der Waals surface area contributed by atoms with Crippen molar-refractivity contribution in [2.45, 2.75) is 26.3 Å². The van der Waals surface area contributed by atoms with E-state index in [2.05, 4.69) is 4.98 Å². The molecule has 0 saturated carbocycles. The molecule has 0 unspecified atom stereocenters. The SMILES string of the molecule is CC(C)C[C@H](N)C(=O)NC(=O)Oc1nccc(OCCOc2ccccc2)c1O. The number of nitrogens with one attached hydrogen (secondary N) is 1. The molecule has 29 heavy (non-hydrogen) atoms. The second-order valence-corrected chi connectivity index (χ2v) is 6.59. The van der Waals surface area contributed by atoms with Gasteiger partial charge in [-0.3, -0.25) is 10.1 Å². The number of benzene rings is 1. The number of hydrogen-bond acceptors (Lipinski definition) is 8. The number of amides is 2. The Kier molecular flexibility index (Phi) is 8.23. The Hall–Kier alpha value is -3.33. The molecule has 9 heteroatoms. The predicted molar refractivity (Wildman–Crippen MR) is 105 cm³/mol. The first-order chi connectivity index (χ1) is 13.9. The molecule has 2 aromatic rings. The number of para-hydroxylation sites is 1.